The molecule has 0 unspecified atom stereocenters. The Morgan fingerprint density at radius 3 is 1.95 bits per heavy atom. The molecule has 2 fully saturated rings. The summed E-state index contributed by atoms with van der Waals surface area (Å²) >= 11 is 0. The summed E-state index contributed by atoms with van der Waals surface area (Å²) in [6.45, 7) is 12.9. The first-order valence-corrected chi connectivity index (χ1v) is 19.8. The summed E-state index contributed by atoms with van der Waals surface area (Å²) in [6.07, 6.45) is 6.96. The van der Waals surface area contributed by atoms with E-state index in [2.05, 4.69) is 10.6 Å². The number of carbonyl (C=O) groups is 2. The molecule has 10 nitrogen and oxygen atoms in total. The van der Waals surface area contributed by atoms with Gasteiger partial charge in [-0.25, -0.2) is 22.4 Å². The van der Waals surface area contributed by atoms with Crippen LogP contribution < -0.4 is 24.8 Å². The average Bonchev–Trinajstić information content (AvgIpc) is 3.88. The number of amides is 2. The normalized spacial score (nSPS) is 17.0. The molecule has 2 aliphatic heterocycles. The van der Waals surface area contributed by atoms with Gasteiger partial charge in [0.05, 0.1) is 21.3 Å². The first kappa shape index (κ1) is 46.6. The maximum atomic E-state index is 14.1. The Kier molecular flexibility index (Phi) is 17.2. The number of halogens is 4. The molecule has 14 heteroatoms. The SMILES string of the molecule is C/C(=C\c1ccc(F)cc1F)CNC[C@@H]1CCCN1C(=O)OC(C)(C)C.COc1cc(C(=O)N(C/C(C)=C/c2ccc(F)cc2F)C[C@@H]2CCCN2)cc(OC)c1OC. The molecule has 0 aromatic heterocycles. The molecule has 2 amide bonds. The van der Waals surface area contributed by atoms with Crippen molar-refractivity contribution in [1.29, 1.82) is 0 Å². The van der Waals surface area contributed by atoms with Gasteiger partial charge in [-0.3, -0.25) is 4.79 Å². The van der Waals surface area contributed by atoms with Crippen LogP contribution in [0.4, 0.5) is 22.4 Å². The van der Waals surface area contributed by atoms with Gasteiger partial charge in [-0.1, -0.05) is 23.3 Å². The summed E-state index contributed by atoms with van der Waals surface area (Å²) in [5.41, 5.74) is 2.21. The fourth-order valence-corrected chi connectivity index (χ4v) is 7.00. The summed E-state index contributed by atoms with van der Waals surface area (Å²) in [5.74, 6) is -1.46. The van der Waals surface area contributed by atoms with Gasteiger partial charge in [-0.15, -0.1) is 0 Å². The average molecular weight is 827 g/mol. The van der Waals surface area contributed by atoms with E-state index >= 15 is 0 Å². The number of nitrogens with one attached hydrogen (secondary N) is 2. The largest absolute Gasteiger partial charge is 0.493 e. The summed E-state index contributed by atoms with van der Waals surface area (Å²) in [4.78, 5) is 29.3. The zero-order valence-corrected chi connectivity index (χ0v) is 35.4. The zero-order valence-electron chi connectivity index (χ0n) is 35.4. The first-order valence-electron chi connectivity index (χ1n) is 19.8. The molecule has 0 aliphatic carbocycles. The van der Waals surface area contributed by atoms with Crippen LogP contribution >= 0.6 is 0 Å². The number of benzene rings is 3. The fraction of sp³-hybridized carbons (Fsp3) is 0.467. The summed E-state index contributed by atoms with van der Waals surface area (Å²) in [5, 5.41) is 6.72. The van der Waals surface area contributed by atoms with Crippen LogP contribution in [0.3, 0.4) is 0 Å². The fourth-order valence-electron chi connectivity index (χ4n) is 7.00. The highest BCUT2D eigenvalue weighted by Crippen LogP contribution is 2.38. The van der Waals surface area contributed by atoms with Crippen molar-refractivity contribution in [2.24, 2.45) is 0 Å². The van der Waals surface area contributed by atoms with Crippen molar-refractivity contribution in [3.05, 3.63) is 99.6 Å². The van der Waals surface area contributed by atoms with Gasteiger partial charge in [0, 0.05) is 73.6 Å². The van der Waals surface area contributed by atoms with Crippen molar-refractivity contribution in [3.63, 3.8) is 0 Å². The monoisotopic (exact) mass is 826 g/mol. The lowest BCUT2D eigenvalue weighted by Crippen LogP contribution is -2.44. The smallest absolute Gasteiger partial charge is 0.410 e. The van der Waals surface area contributed by atoms with Crippen LogP contribution in [0.1, 0.15) is 81.8 Å². The molecule has 0 radical (unpaired) electrons. The van der Waals surface area contributed by atoms with E-state index in [1.165, 1.54) is 45.6 Å². The maximum Gasteiger partial charge on any atom is 0.410 e. The first-order chi connectivity index (χ1) is 28.0. The Morgan fingerprint density at radius 1 is 0.847 bits per heavy atom. The van der Waals surface area contributed by atoms with Crippen LogP contribution in [-0.2, 0) is 4.74 Å². The van der Waals surface area contributed by atoms with Gasteiger partial charge in [-0.2, -0.15) is 0 Å². The molecule has 5 rings (SSSR count). The standard InChI is InChI=1S/C25H30F2N2O4.C20H28F2N2O2/c1-16(10-17-7-8-19(26)13-21(17)27)14-29(15-20-6-5-9-28-20)25(30)18-11-22(31-2)24(33-4)23(12-18)32-3;1-14(10-15-7-8-16(21)11-18(15)22)12-23-13-17-6-5-9-24(17)19(25)26-20(2,3)4/h7-8,10-13,20,28H,5-6,9,14-15H2,1-4H3;7-8,10-11,17,23H,5-6,9,12-13H2,1-4H3/b16-10+;14-10+/t20-;17-/m00/s1. The topological polar surface area (TPSA) is 102 Å². The number of carbonyl (C=O) groups excluding carboxylic acids is 2. The van der Waals surface area contributed by atoms with Crippen LogP contribution in [0.5, 0.6) is 17.2 Å². The molecule has 0 spiro atoms. The van der Waals surface area contributed by atoms with E-state index in [-0.39, 0.29) is 36.2 Å². The van der Waals surface area contributed by atoms with E-state index in [4.69, 9.17) is 18.9 Å². The van der Waals surface area contributed by atoms with Crippen molar-refractivity contribution in [2.45, 2.75) is 78.0 Å². The lowest BCUT2D eigenvalue weighted by atomic mass is 10.1. The van der Waals surface area contributed by atoms with Gasteiger partial charge in [-0.05, 0) is 103 Å². The van der Waals surface area contributed by atoms with Crippen LogP contribution in [0.15, 0.2) is 59.7 Å². The van der Waals surface area contributed by atoms with Crippen LogP contribution in [-0.4, -0.2) is 100 Å². The quantitative estimate of drug-likeness (QED) is 0.156. The lowest BCUT2D eigenvalue weighted by Gasteiger charge is -2.28. The molecule has 0 saturated carbocycles. The van der Waals surface area contributed by atoms with Crippen molar-refractivity contribution in [3.8, 4) is 17.2 Å². The second-order valence-electron chi connectivity index (χ2n) is 15.8. The highest BCUT2D eigenvalue weighted by atomic mass is 19.1. The van der Waals surface area contributed by atoms with Gasteiger partial charge >= 0.3 is 6.09 Å². The number of nitrogens with zero attached hydrogens (tertiary/aromatic N) is 2. The van der Waals surface area contributed by atoms with Crippen LogP contribution in [0.25, 0.3) is 12.2 Å². The molecule has 3 aromatic carbocycles. The third-order valence-corrected chi connectivity index (χ3v) is 9.76. The zero-order chi connectivity index (χ0) is 43.3. The second kappa shape index (κ2) is 21.8. The lowest BCUT2D eigenvalue weighted by molar-refractivity contribution is 0.0227. The summed E-state index contributed by atoms with van der Waals surface area (Å²) < 4.78 is 75.6. The number of hydrogen-bond acceptors (Lipinski definition) is 8. The summed E-state index contributed by atoms with van der Waals surface area (Å²) in [6, 6.07) is 10.5. The molecule has 59 heavy (non-hydrogen) atoms. The minimum Gasteiger partial charge on any atom is -0.493 e. The van der Waals surface area contributed by atoms with E-state index in [0.29, 0.717) is 54.6 Å². The Balaban J connectivity index is 0.000000268. The molecule has 322 valence electrons. The molecule has 2 aliphatic rings. The van der Waals surface area contributed by atoms with E-state index in [9.17, 15) is 27.2 Å². The number of rotatable bonds is 14. The van der Waals surface area contributed by atoms with Crippen LogP contribution in [0.2, 0.25) is 0 Å². The van der Waals surface area contributed by atoms with E-state index in [1.54, 1.807) is 34.1 Å². The number of ether oxygens (including phenoxy) is 4. The van der Waals surface area contributed by atoms with Gasteiger partial charge < -0.3 is 39.4 Å². The van der Waals surface area contributed by atoms with E-state index in [1.807, 2.05) is 34.6 Å². The minimum absolute atomic E-state index is 0.0974. The van der Waals surface area contributed by atoms with Gasteiger partial charge in [0.25, 0.3) is 5.91 Å². The second-order valence-corrected chi connectivity index (χ2v) is 15.8. The van der Waals surface area contributed by atoms with E-state index in [0.717, 1.165) is 55.5 Å². The van der Waals surface area contributed by atoms with Gasteiger partial charge in [0.2, 0.25) is 5.75 Å². The third-order valence-electron chi connectivity index (χ3n) is 9.76. The predicted molar refractivity (Wildman–Crippen MR) is 222 cm³/mol. The van der Waals surface area contributed by atoms with Crippen molar-refractivity contribution >= 4 is 24.2 Å². The van der Waals surface area contributed by atoms with Crippen molar-refractivity contribution in [2.75, 3.05) is 60.6 Å². The molecule has 3 aromatic rings. The Bertz CT molecular complexity index is 1940. The number of methoxy groups -OCH3 is 3. The maximum absolute atomic E-state index is 14.1. The molecular weight excluding hydrogens is 769 g/mol. The molecule has 2 heterocycles. The van der Waals surface area contributed by atoms with E-state index < -0.39 is 28.9 Å². The molecule has 2 saturated heterocycles. The molecule has 2 atom stereocenters. The van der Waals surface area contributed by atoms with Gasteiger partial charge in [0.1, 0.15) is 28.9 Å². The molecular formula is C45H58F4N4O6. The minimum atomic E-state index is -0.644. The molecule has 0 bridgehead atoms. The van der Waals surface area contributed by atoms with Crippen LogP contribution in [0, 0.1) is 23.3 Å². The third kappa shape index (κ3) is 14.0. The number of hydrogen-bond donors (Lipinski definition) is 2. The highest BCUT2D eigenvalue weighted by molar-refractivity contribution is 5.96. The van der Waals surface area contributed by atoms with Crippen molar-refractivity contribution in [1.82, 2.24) is 20.4 Å². The molecule has 2 N–H and O–H groups in total. The number of likely N-dealkylation sites (tertiary alicyclic amines) is 1. The summed E-state index contributed by atoms with van der Waals surface area (Å²) in [7, 11) is 4.49. The predicted octanol–water partition coefficient (Wildman–Crippen LogP) is 8.65. The Hall–Kier alpha value is -5.08. The highest BCUT2D eigenvalue weighted by Gasteiger charge is 2.32. The Labute approximate surface area is 345 Å². The van der Waals surface area contributed by atoms with Crippen molar-refractivity contribution < 1.29 is 46.1 Å². The Morgan fingerprint density at radius 2 is 1.44 bits per heavy atom. The van der Waals surface area contributed by atoms with Gasteiger partial charge in [0.15, 0.2) is 11.5 Å².